The number of piperazine rings is 1. The van der Waals surface area contributed by atoms with Crippen molar-refractivity contribution >= 4 is 12.6 Å². The molecule has 0 bridgehead atoms. The standard InChI is InChI=1S/C13H28N2O.2C2H6.CH4S/c1-3-6-14-8-10-15(11-9-14)7-5-13-16-12-4-2;3*1-2/h3-13H2,1-2H3;2*1-2H3;2H,1H3. The zero-order valence-corrected chi connectivity index (χ0v) is 17.4. The summed E-state index contributed by atoms with van der Waals surface area (Å²) in [5.74, 6) is 0. The molecular formula is C18H44N2OS. The molecule has 0 N–H and O–H groups in total. The second-order valence-electron chi connectivity index (χ2n) is 4.65. The molecule has 1 heterocycles. The smallest absolute Gasteiger partial charge is 0.0478 e. The second kappa shape index (κ2) is 26.1. The van der Waals surface area contributed by atoms with Gasteiger partial charge in [-0.05, 0) is 32.1 Å². The summed E-state index contributed by atoms with van der Waals surface area (Å²) in [5, 5.41) is 0. The van der Waals surface area contributed by atoms with Crippen molar-refractivity contribution in [3.63, 3.8) is 0 Å². The normalized spacial score (nSPS) is 14.7. The zero-order valence-electron chi connectivity index (χ0n) is 16.5. The molecule has 22 heavy (non-hydrogen) atoms. The summed E-state index contributed by atoms with van der Waals surface area (Å²) in [4.78, 5) is 5.14. The van der Waals surface area contributed by atoms with Crippen molar-refractivity contribution in [2.24, 2.45) is 0 Å². The molecular weight excluding hydrogens is 292 g/mol. The molecule has 0 aromatic carbocycles. The molecule has 0 aromatic heterocycles. The van der Waals surface area contributed by atoms with Crippen LogP contribution in [0.25, 0.3) is 0 Å². The number of ether oxygens (including phenoxy) is 1. The second-order valence-corrected chi connectivity index (χ2v) is 4.65. The predicted octanol–water partition coefficient (Wildman–Crippen LogP) is 4.43. The summed E-state index contributed by atoms with van der Waals surface area (Å²) in [7, 11) is 0. The van der Waals surface area contributed by atoms with E-state index in [0.717, 1.165) is 19.6 Å². The Morgan fingerprint density at radius 2 is 1.18 bits per heavy atom. The summed E-state index contributed by atoms with van der Waals surface area (Å²) < 4.78 is 5.50. The molecule has 1 fully saturated rings. The summed E-state index contributed by atoms with van der Waals surface area (Å²) in [6.07, 6.45) is 5.30. The maximum absolute atomic E-state index is 5.50. The average molecular weight is 337 g/mol. The molecule has 0 amide bonds. The van der Waals surface area contributed by atoms with Crippen molar-refractivity contribution in [2.45, 2.75) is 60.8 Å². The molecule has 1 aliphatic rings. The molecule has 0 aromatic rings. The first-order valence-corrected chi connectivity index (χ1v) is 10.2. The number of hydrogen-bond acceptors (Lipinski definition) is 4. The molecule has 1 saturated heterocycles. The van der Waals surface area contributed by atoms with Crippen LogP contribution in [0, 0.1) is 0 Å². The molecule has 1 rings (SSSR count). The fourth-order valence-corrected chi connectivity index (χ4v) is 2.19. The molecule has 0 saturated carbocycles. The SMILES string of the molecule is CC.CC.CCCOCCCN1CCN(CCC)CC1.CS. The Kier molecular flexibility index (Phi) is 32.2. The van der Waals surface area contributed by atoms with Crippen molar-refractivity contribution in [3.05, 3.63) is 0 Å². The Balaban J connectivity index is -0.000000535. The summed E-state index contributed by atoms with van der Waals surface area (Å²) in [6.45, 7) is 21.8. The van der Waals surface area contributed by atoms with Gasteiger partial charge in [-0.15, -0.1) is 0 Å². The predicted molar refractivity (Wildman–Crippen MR) is 107 cm³/mol. The lowest BCUT2D eigenvalue weighted by Crippen LogP contribution is -2.46. The van der Waals surface area contributed by atoms with Gasteiger partial charge in [-0.25, -0.2) is 0 Å². The van der Waals surface area contributed by atoms with Crippen LogP contribution in [0.2, 0.25) is 0 Å². The molecule has 0 atom stereocenters. The zero-order chi connectivity index (χ0) is 17.6. The topological polar surface area (TPSA) is 15.7 Å². The molecule has 1 aliphatic heterocycles. The molecule has 4 heteroatoms. The third kappa shape index (κ3) is 18.3. The van der Waals surface area contributed by atoms with Crippen molar-refractivity contribution < 1.29 is 4.74 Å². The van der Waals surface area contributed by atoms with Crippen LogP contribution in [0.4, 0.5) is 0 Å². The molecule has 0 radical (unpaired) electrons. The third-order valence-corrected chi connectivity index (χ3v) is 3.12. The van der Waals surface area contributed by atoms with Gasteiger partial charge in [0, 0.05) is 45.9 Å². The van der Waals surface area contributed by atoms with E-state index < -0.39 is 0 Å². The Morgan fingerprint density at radius 3 is 1.59 bits per heavy atom. The van der Waals surface area contributed by atoms with E-state index in [4.69, 9.17) is 4.74 Å². The van der Waals surface area contributed by atoms with Crippen LogP contribution in [-0.4, -0.2) is 68.5 Å². The van der Waals surface area contributed by atoms with Crippen LogP contribution in [0.1, 0.15) is 60.8 Å². The van der Waals surface area contributed by atoms with Gasteiger partial charge in [-0.1, -0.05) is 41.5 Å². The van der Waals surface area contributed by atoms with Gasteiger partial charge in [0.05, 0.1) is 0 Å². The van der Waals surface area contributed by atoms with Gasteiger partial charge in [0.15, 0.2) is 0 Å². The number of rotatable bonds is 8. The fourth-order valence-electron chi connectivity index (χ4n) is 2.19. The quantitative estimate of drug-likeness (QED) is 0.521. The highest BCUT2D eigenvalue weighted by atomic mass is 32.1. The maximum Gasteiger partial charge on any atom is 0.0478 e. The van der Waals surface area contributed by atoms with Crippen LogP contribution in [0.15, 0.2) is 0 Å². The molecule has 3 nitrogen and oxygen atoms in total. The highest BCUT2D eigenvalue weighted by Gasteiger charge is 2.14. The van der Waals surface area contributed by atoms with Gasteiger partial charge in [0.2, 0.25) is 0 Å². The highest BCUT2D eigenvalue weighted by molar-refractivity contribution is 7.79. The molecule has 0 unspecified atom stereocenters. The van der Waals surface area contributed by atoms with Gasteiger partial charge in [-0.3, -0.25) is 0 Å². The third-order valence-electron chi connectivity index (χ3n) is 3.12. The fraction of sp³-hybridized carbons (Fsp3) is 1.00. The minimum atomic E-state index is 0.921. The van der Waals surface area contributed by atoms with Crippen molar-refractivity contribution in [1.82, 2.24) is 9.80 Å². The van der Waals surface area contributed by atoms with Gasteiger partial charge < -0.3 is 14.5 Å². The highest BCUT2D eigenvalue weighted by Crippen LogP contribution is 2.03. The largest absolute Gasteiger partial charge is 0.381 e. The average Bonchev–Trinajstić information content (AvgIpc) is 2.62. The van der Waals surface area contributed by atoms with E-state index in [9.17, 15) is 0 Å². The molecule has 138 valence electrons. The van der Waals surface area contributed by atoms with Gasteiger partial charge >= 0.3 is 0 Å². The van der Waals surface area contributed by atoms with Crippen LogP contribution < -0.4 is 0 Å². The van der Waals surface area contributed by atoms with E-state index in [-0.39, 0.29) is 0 Å². The van der Waals surface area contributed by atoms with Crippen LogP contribution in [0.5, 0.6) is 0 Å². The first-order valence-electron chi connectivity index (χ1n) is 9.34. The van der Waals surface area contributed by atoms with Crippen LogP contribution in [-0.2, 0) is 4.74 Å². The summed E-state index contributed by atoms with van der Waals surface area (Å²) in [6, 6.07) is 0. The number of hydrogen-bond donors (Lipinski definition) is 1. The van der Waals surface area contributed by atoms with E-state index in [1.54, 1.807) is 6.26 Å². The Labute approximate surface area is 147 Å². The number of thiol groups is 1. The van der Waals surface area contributed by atoms with E-state index in [1.807, 2.05) is 27.7 Å². The Bertz CT molecular complexity index is 163. The van der Waals surface area contributed by atoms with Gasteiger partial charge in [0.1, 0.15) is 0 Å². The van der Waals surface area contributed by atoms with E-state index in [1.165, 1.54) is 52.1 Å². The lowest BCUT2D eigenvalue weighted by molar-refractivity contribution is 0.0994. The van der Waals surface area contributed by atoms with Gasteiger partial charge in [-0.2, -0.15) is 12.6 Å². The lowest BCUT2D eigenvalue weighted by Gasteiger charge is -2.34. The maximum atomic E-state index is 5.50. The van der Waals surface area contributed by atoms with E-state index in [2.05, 4.69) is 36.3 Å². The first-order chi connectivity index (χ1) is 10.9. The lowest BCUT2D eigenvalue weighted by atomic mass is 10.3. The van der Waals surface area contributed by atoms with Crippen LogP contribution >= 0.6 is 12.6 Å². The summed E-state index contributed by atoms with van der Waals surface area (Å²) in [5.41, 5.74) is 0. The van der Waals surface area contributed by atoms with Crippen molar-refractivity contribution in [2.75, 3.05) is 58.7 Å². The van der Waals surface area contributed by atoms with E-state index in [0.29, 0.717) is 0 Å². The van der Waals surface area contributed by atoms with Crippen LogP contribution in [0.3, 0.4) is 0 Å². The monoisotopic (exact) mass is 336 g/mol. The summed E-state index contributed by atoms with van der Waals surface area (Å²) >= 11 is 3.53. The van der Waals surface area contributed by atoms with Crippen molar-refractivity contribution in [3.8, 4) is 0 Å². The molecule has 0 aliphatic carbocycles. The minimum Gasteiger partial charge on any atom is -0.381 e. The Hall–Kier alpha value is 0.230. The van der Waals surface area contributed by atoms with Crippen molar-refractivity contribution in [1.29, 1.82) is 0 Å². The number of nitrogens with zero attached hydrogens (tertiary/aromatic N) is 2. The first kappa shape index (κ1) is 27.1. The molecule has 0 spiro atoms. The van der Waals surface area contributed by atoms with Gasteiger partial charge in [0.25, 0.3) is 0 Å². The minimum absolute atomic E-state index is 0.921. The van der Waals surface area contributed by atoms with E-state index >= 15 is 0 Å². The Morgan fingerprint density at radius 1 is 0.727 bits per heavy atom.